The standard InChI is InChI=1S/C78H59N3/c1-77(2)71-29-17-14-26-65(71)67-43-41-61(50-73(67)77)79(59-37-32-54(33-38-59)52-20-8-5-9-21-52)63-46-57(56-36-45-76-70(48-56)69-28-16-19-31-75(69)81(76)58-24-12-7-13-25-58)47-64(49-63)80(60-39-34-55(35-40-60)53-22-10-6-11-23-53)62-42-44-68-66-27-15-18-30-72(66)78(3,4)74(68)51-62/h5-51H,1-4H3. The van der Waals surface area contributed by atoms with Gasteiger partial charge in [-0.1, -0.05) is 216 Å². The van der Waals surface area contributed by atoms with E-state index in [2.05, 4.69) is 327 Å². The Morgan fingerprint density at radius 1 is 0.247 bits per heavy atom. The van der Waals surface area contributed by atoms with Crippen molar-refractivity contribution >= 4 is 55.9 Å². The fourth-order valence-corrected chi connectivity index (χ4v) is 13.5. The predicted molar refractivity (Wildman–Crippen MR) is 342 cm³/mol. The zero-order chi connectivity index (χ0) is 54.4. The lowest BCUT2D eigenvalue weighted by Crippen LogP contribution is -2.17. The number of aromatic nitrogens is 1. The summed E-state index contributed by atoms with van der Waals surface area (Å²) in [6, 6.07) is 106. The van der Waals surface area contributed by atoms with E-state index >= 15 is 0 Å². The maximum absolute atomic E-state index is 2.49. The molecule has 12 aromatic carbocycles. The van der Waals surface area contributed by atoms with Crippen LogP contribution < -0.4 is 9.80 Å². The molecule has 0 aliphatic heterocycles. The molecule has 0 spiro atoms. The Morgan fingerprint density at radius 2 is 0.642 bits per heavy atom. The highest BCUT2D eigenvalue weighted by atomic mass is 15.2. The van der Waals surface area contributed by atoms with Crippen LogP contribution in [0.2, 0.25) is 0 Å². The van der Waals surface area contributed by atoms with Gasteiger partial charge in [0.15, 0.2) is 0 Å². The highest BCUT2D eigenvalue weighted by Gasteiger charge is 2.37. The van der Waals surface area contributed by atoms with E-state index in [0.29, 0.717) is 0 Å². The molecular weight excluding hydrogens is 979 g/mol. The molecule has 2 aliphatic rings. The highest BCUT2D eigenvalue weighted by molar-refractivity contribution is 6.10. The molecule has 0 unspecified atom stereocenters. The van der Waals surface area contributed by atoms with Crippen LogP contribution in [0.25, 0.3) is 83.1 Å². The van der Waals surface area contributed by atoms with Crippen LogP contribution in [-0.2, 0) is 10.8 Å². The van der Waals surface area contributed by atoms with Crippen molar-refractivity contribution in [2.24, 2.45) is 0 Å². The normalized spacial score (nSPS) is 13.4. The zero-order valence-corrected chi connectivity index (χ0v) is 46.0. The quantitative estimate of drug-likeness (QED) is 0.135. The van der Waals surface area contributed by atoms with Crippen molar-refractivity contribution < 1.29 is 0 Å². The van der Waals surface area contributed by atoms with Gasteiger partial charge in [-0.25, -0.2) is 0 Å². The Kier molecular flexibility index (Phi) is 11.2. The first-order valence-corrected chi connectivity index (χ1v) is 28.3. The number of benzene rings is 12. The molecule has 0 radical (unpaired) electrons. The Balaban J connectivity index is 0.989. The van der Waals surface area contributed by atoms with Gasteiger partial charge in [0.2, 0.25) is 0 Å². The lowest BCUT2D eigenvalue weighted by molar-refractivity contribution is 0.660. The second-order valence-electron chi connectivity index (χ2n) is 23.0. The molecule has 0 N–H and O–H groups in total. The third-order valence-electron chi connectivity index (χ3n) is 17.6. The molecule has 0 saturated carbocycles. The molecule has 0 saturated heterocycles. The fourth-order valence-electron chi connectivity index (χ4n) is 13.5. The molecule has 0 amide bonds. The van der Waals surface area contributed by atoms with Crippen LogP contribution in [0.15, 0.2) is 285 Å². The van der Waals surface area contributed by atoms with Crippen molar-refractivity contribution in [3.05, 3.63) is 307 Å². The topological polar surface area (TPSA) is 11.4 Å². The van der Waals surface area contributed by atoms with Crippen molar-refractivity contribution in [3.63, 3.8) is 0 Å². The van der Waals surface area contributed by atoms with E-state index in [9.17, 15) is 0 Å². The van der Waals surface area contributed by atoms with Crippen molar-refractivity contribution in [2.75, 3.05) is 9.80 Å². The van der Waals surface area contributed by atoms with Crippen molar-refractivity contribution in [2.45, 2.75) is 38.5 Å². The molecule has 1 aromatic heterocycles. The lowest BCUT2D eigenvalue weighted by Gasteiger charge is -2.32. The number of para-hydroxylation sites is 2. The van der Waals surface area contributed by atoms with Crippen LogP contribution in [0.4, 0.5) is 34.1 Å². The number of rotatable bonds is 10. The molecule has 15 rings (SSSR count). The second kappa shape index (κ2) is 18.9. The van der Waals surface area contributed by atoms with Gasteiger partial charge < -0.3 is 14.4 Å². The van der Waals surface area contributed by atoms with Crippen LogP contribution in [0.3, 0.4) is 0 Å². The van der Waals surface area contributed by atoms with Crippen LogP contribution >= 0.6 is 0 Å². The summed E-state index contributed by atoms with van der Waals surface area (Å²) in [4.78, 5) is 4.97. The van der Waals surface area contributed by atoms with Gasteiger partial charge in [-0.3, -0.25) is 0 Å². The largest absolute Gasteiger partial charge is 0.310 e. The maximum Gasteiger partial charge on any atom is 0.0541 e. The molecule has 81 heavy (non-hydrogen) atoms. The number of fused-ring (bicyclic) bond motifs is 9. The van der Waals surface area contributed by atoms with E-state index in [-0.39, 0.29) is 10.8 Å². The van der Waals surface area contributed by atoms with E-state index < -0.39 is 0 Å². The Morgan fingerprint density at radius 3 is 1.16 bits per heavy atom. The predicted octanol–water partition coefficient (Wildman–Crippen LogP) is 21.3. The van der Waals surface area contributed by atoms with Crippen molar-refractivity contribution in [3.8, 4) is 61.3 Å². The van der Waals surface area contributed by atoms with E-state index in [1.807, 2.05) is 0 Å². The fraction of sp³-hybridized carbons (Fsp3) is 0.0769. The second-order valence-corrected chi connectivity index (χ2v) is 23.0. The molecule has 0 bridgehead atoms. The van der Waals surface area contributed by atoms with Crippen LogP contribution in [0, 0.1) is 0 Å². The zero-order valence-electron chi connectivity index (χ0n) is 46.0. The summed E-state index contributed by atoms with van der Waals surface area (Å²) in [5.41, 5.74) is 27.1. The molecule has 13 aromatic rings. The monoisotopic (exact) mass is 1040 g/mol. The van der Waals surface area contributed by atoms with E-state index in [0.717, 1.165) is 50.9 Å². The summed E-state index contributed by atoms with van der Waals surface area (Å²) in [5.74, 6) is 0. The third kappa shape index (κ3) is 7.94. The summed E-state index contributed by atoms with van der Waals surface area (Å²) in [6.07, 6.45) is 0. The number of hydrogen-bond donors (Lipinski definition) is 0. The van der Waals surface area contributed by atoms with Gasteiger partial charge in [0.25, 0.3) is 0 Å². The van der Waals surface area contributed by atoms with Gasteiger partial charge in [-0.05, 0) is 175 Å². The van der Waals surface area contributed by atoms with Crippen LogP contribution in [-0.4, -0.2) is 4.57 Å². The van der Waals surface area contributed by atoms with Gasteiger partial charge in [0, 0.05) is 61.4 Å². The summed E-state index contributed by atoms with van der Waals surface area (Å²) >= 11 is 0. The molecular formula is C78H59N3. The Bertz CT molecular complexity index is 4340. The molecule has 0 atom stereocenters. The first kappa shape index (κ1) is 48.2. The minimum atomic E-state index is -0.199. The Hall–Kier alpha value is -9.96. The minimum absolute atomic E-state index is 0.199. The van der Waals surface area contributed by atoms with Gasteiger partial charge >= 0.3 is 0 Å². The minimum Gasteiger partial charge on any atom is -0.310 e. The number of hydrogen-bond acceptors (Lipinski definition) is 2. The molecule has 0 fully saturated rings. The van der Waals surface area contributed by atoms with Gasteiger partial charge in [0.1, 0.15) is 0 Å². The first-order valence-electron chi connectivity index (χ1n) is 28.3. The third-order valence-corrected chi connectivity index (χ3v) is 17.6. The Labute approximate surface area is 474 Å². The van der Waals surface area contributed by atoms with Gasteiger partial charge in [-0.2, -0.15) is 0 Å². The molecule has 1 heterocycles. The SMILES string of the molecule is CC1(C)c2ccccc2-c2ccc(N(c3ccc(-c4ccccc4)cc3)c3cc(-c4ccc5c(c4)c4ccccc4n5-c4ccccc4)cc(N(c4ccc(-c5ccccc5)cc4)c4ccc5c(c4)C(C)(C)c4ccccc4-5)c3)cc21. The van der Waals surface area contributed by atoms with Crippen molar-refractivity contribution in [1.29, 1.82) is 0 Å². The molecule has 2 aliphatic carbocycles. The summed E-state index contributed by atoms with van der Waals surface area (Å²) < 4.78 is 2.40. The number of nitrogens with zero attached hydrogens (tertiary/aromatic N) is 3. The molecule has 3 nitrogen and oxygen atoms in total. The lowest BCUT2D eigenvalue weighted by atomic mass is 9.82. The summed E-state index contributed by atoms with van der Waals surface area (Å²) in [6.45, 7) is 9.51. The van der Waals surface area contributed by atoms with E-state index in [1.165, 1.54) is 88.6 Å². The van der Waals surface area contributed by atoms with Crippen molar-refractivity contribution in [1.82, 2.24) is 4.57 Å². The molecule has 386 valence electrons. The van der Waals surface area contributed by atoms with Gasteiger partial charge in [0.05, 0.1) is 11.0 Å². The summed E-state index contributed by atoms with van der Waals surface area (Å²) in [7, 11) is 0. The maximum atomic E-state index is 2.49. The summed E-state index contributed by atoms with van der Waals surface area (Å²) in [5, 5.41) is 2.43. The van der Waals surface area contributed by atoms with Crippen LogP contribution in [0.5, 0.6) is 0 Å². The van der Waals surface area contributed by atoms with E-state index in [4.69, 9.17) is 0 Å². The number of anilines is 6. The average molecular weight is 1040 g/mol. The highest BCUT2D eigenvalue weighted by Crippen LogP contribution is 2.54. The average Bonchev–Trinajstić information content (AvgIpc) is 4.08. The van der Waals surface area contributed by atoms with Crippen LogP contribution in [0.1, 0.15) is 49.9 Å². The first-order chi connectivity index (χ1) is 39.7. The van der Waals surface area contributed by atoms with E-state index in [1.54, 1.807) is 0 Å². The smallest absolute Gasteiger partial charge is 0.0541 e. The molecule has 3 heteroatoms. The van der Waals surface area contributed by atoms with Gasteiger partial charge in [-0.15, -0.1) is 0 Å².